The molecule has 0 radical (unpaired) electrons. The van der Waals surface area contributed by atoms with Crippen LogP contribution in [0.5, 0.6) is 0 Å². The molecule has 4 heteroatoms. The van der Waals surface area contributed by atoms with Crippen molar-refractivity contribution in [3.05, 3.63) is 29.8 Å². The smallest absolute Gasteiger partial charge is 0.0720 e. The third-order valence-corrected chi connectivity index (χ3v) is 3.87. The van der Waals surface area contributed by atoms with Crippen molar-refractivity contribution in [1.29, 1.82) is 0 Å². The van der Waals surface area contributed by atoms with Gasteiger partial charge in [0, 0.05) is 37.9 Å². The van der Waals surface area contributed by atoms with E-state index in [1.807, 2.05) is 0 Å². The van der Waals surface area contributed by atoms with Crippen LogP contribution in [0.25, 0.3) is 0 Å². The monoisotopic (exact) mass is 263 g/mol. The summed E-state index contributed by atoms with van der Waals surface area (Å²) in [5, 5.41) is 0. The van der Waals surface area contributed by atoms with Crippen LogP contribution < -0.4 is 10.8 Å². The Kier molecular flexibility index (Phi) is 5.19. The fourth-order valence-corrected chi connectivity index (χ4v) is 2.68. The molecule has 1 aromatic rings. The summed E-state index contributed by atoms with van der Waals surface area (Å²) in [7, 11) is 0. The Morgan fingerprint density at radius 3 is 2.47 bits per heavy atom. The van der Waals surface area contributed by atoms with E-state index in [0.717, 1.165) is 32.6 Å². The van der Waals surface area contributed by atoms with Gasteiger partial charge in [-0.05, 0) is 31.9 Å². The highest BCUT2D eigenvalue weighted by Crippen LogP contribution is 2.22. The molecule has 2 N–H and O–H groups in total. The molecule has 0 unspecified atom stereocenters. The van der Waals surface area contributed by atoms with E-state index in [9.17, 15) is 0 Å². The first-order valence-corrected chi connectivity index (χ1v) is 7.11. The zero-order chi connectivity index (χ0) is 13.7. The molecule has 4 nitrogen and oxygen atoms in total. The van der Waals surface area contributed by atoms with Gasteiger partial charge in [0.25, 0.3) is 0 Å². The van der Waals surface area contributed by atoms with Gasteiger partial charge in [-0.3, -0.25) is 4.90 Å². The number of piperazine rings is 1. The minimum absolute atomic E-state index is 0.572. The average molecular weight is 263 g/mol. The first kappa shape index (κ1) is 14.3. The fraction of sp³-hybridized carbons (Fsp3) is 0.600. The molecule has 19 heavy (non-hydrogen) atoms. The number of benzene rings is 1. The highest BCUT2D eigenvalue weighted by molar-refractivity contribution is 5.54. The molecule has 0 atom stereocenters. The molecule has 1 saturated heterocycles. The van der Waals surface area contributed by atoms with Crippen molar-refractivity contribution < 1.29 is 4.84 Å². The van der Waals surface area contributed by atoms with Gasteiger partial charge in [0.1, 0.15) is 0 Å². The molecule has 1 fully saturated rings. The Morgan fingerprint density at radius 1 is 1.16 bits per heavy atom. The standard InChI is InChI=1S/C15H25N3O/c1-13(2)17-8-10-18(11-9-17)15-6-4-3-5-14(15)7-12-19-16/h3-6,13H,7-12,16H2,1-2H3. The Morgan fingerprint density at radius 2 is 1.84 bits per heavy atom. The predicted molar refractivity (Wildman–Crippen MR) is 79.2 cm³/mol. The third kappa shape index (κ3) is 3.69. The summed E-state index contributed by atoms with van der Waals surface area (Å²) in [5.41, 5.74) is 2.66. The maximum Gasteiger partial charge on any atom is 0.0720 e. The second kappa shape index (κ2) is 6.89. The molecule has 0 aromatic heterocycles. The zero-order valence-electron chi connectivity index (χ0n) is 12.0. The van der Waals surface area contributed by atoms with Crippen molar-refractivity contribution in [2.75, 3.05) is 37.7 Å². The van der Waals surface area contributed by atoms with Crippen molar-refractivity contribution in [2.45, 2.75) is 26.3 Å². The van der Waals surface area contributed by atoms with Crippen LogP contribution >= 0.6 is 0 Å². The molecule has 0 amide bonds. The topological polar surface area (TPSA) is 41.7 Å². The Balaban J connectivity index is 2.02. The van der Waals surface area contributed by atoms with Crippen molar-refractivity contribution >= 4 is 5.69 Å². The number of hydrogen-bond donors (Lipinski definition) is 1. The summed E-state index contributed by atoms with van der Waals surface area (Å²) >= 11 is 0. The Labute approximate surface area is 116 Å². The van der Waals surface area contributed by atoms with E-state index in [4.69, 9.17) is 10.7 Å². The summed E-state index contributed by atoms with van der Waals surface area (Å²) in [5.74, 6) is 5.14. The van der Waals surface area contributed by atoms with Gasteiger partial charge in [-0.1, -0.05) is 18.2 Å². The molecule has 0 aliphatic carbocycles. The normalized spacial score (nSPS) is 17.2. The zero-order valence-corrected chi connectivity index (χ0v) is 12.0. The van der Waals surface area contributed by atoms with E-state index in [0.29, 0.717) is 12.6 Å². The van der Waals surface area contributed by atoms with Gasteiger partial charge in [-0.25, -0.2) is 5.90 Å². The largest absolute Gasteiger partial charge is 0.369 e. The molecule has 1 aromatic carbocycles. The molecule has 0 saturated carbocycles. The highest BCUT2D eigenvalue weighted by Gasteiger charge is 2.20. The summed E-state index contributed by atoms with van der Waals surface area (Å²) in [6.45, 7) is 9.57. The highest BCUT2D eigenvalue weighted by atomic mass is 16.6. The lowest BCUT2D eigenvalue weighted by Crippen LogP contribution is -2.49. The van der Waals surface area contributed by atoms with Gasteiger partial charge in [0.2, 0.25) is 0 Å². The molecule has 0 spiro atoms. The van der Waals surface area contributed by atoms with Gasteiger partial charge in [0.15, 0.2) is 0 Å². The molecule has 1 aliphatic rings. The molecule has 1 heterocycles. The molecule has 0 bridgehead atoms. The van der Waals surface area contributed by atoms with E-state index >= 15 is 0 Å². The first-order valence-electron chi connectivity index (χ1n) is 7.11. The van der Waals surface area contributed by atoms with E-state index < -0.39 is 0 Å². The number of para-hydroxylation sites is 1. The van der Waals surface area contributed by atoms with Crippen LogP contribution in [0.2, 0.25) is 0 Å². The minimum Gasteiger partial charge on any atom is -0.369 e. The molecular weight excluding hydrogens is 238 g/mol. The lowest BCUT2D eigenvalue weighted by Gasteiger charge is -2.38. The van der Waals surface area contributed by atoms with E-state index in [1.165, 1.54) is 11.3 Å². The first-order chi connectivity index (χ1) is 9.22. The molecule has 106 valence electrons. The number of nitrogens with two attached hydrogens (primary N) is 1. The third-order valence-electron chi connectivity index (χ3n) is 3.87. The second-order valence-corrected chi connectivity index (χ2v) is 5.37. The number of anilines is 1. The van der Waals surface area contributed by atoms with Crippen molar-refractivity contribution in [1.82, 2.24) is 4.90 Å². The summed E-state index contributed by atoms with van der Waals surface area (Å²) in [4.78, 5) is 9.72. The quantitative estimate of drug-likeness (QED) is 0.820. The number of hydrogen-bond acceptors (Lipinski definition) is 4. The molecule has 2 rings (SSSR count). The lowest BCUT2D eigenvalue weighted by atomic mass is 10.1. The minimum atomic E-state index is 0.572. The fourth-order valence-electron chi connectivity index (χ4n) is 2.68. The van der Waals surface area contributed by atoms with Gasteiger partial charge in [-0.15, -0.1) is 0 Å². The van der Waals surface area contributed by atoms with Crippen molar-refractivity contribution in [3.63, 3.8) is 0 Å². The SMILES string of the molecule is CC(C)N1CCN(c2ccccc2CCON)CC1. The van der Waals surface area contributed by atoms with Gasteiger partial charge in [-0.2, -0.15) is 0 Å². The van der Waals surface area contributed by atoms with E-state index in [2.05, 4.69) is 47.9 Å². The summed E-state index contributed by atoms with van der Waals surface area (Å²) < 4.78 is 0. The average Bonchev–Trinajstić information content (AvgIpc) is 2.45. The van der Waals surface area contributed by atoms with E-state index in [1.54, 1.807) is 0 Å². The predicted octanol–water partition coefficient (Wildman–Crippen LogP) is 1.65. The van der Waals surface area contributed by atoms with Crippen LogP contribution in [0, 0.1) is 0 Å². The summed E-state index contributed by atoms with van der Waals surface area (Å²) in [6.07, 6.45) is 0.872. The van der Waals surface area contributed by atoms with Crippen LogP contribution in [-0.2, 0) is 11.3 Å². The van der Waals surface area contributed by atoms with Crippen molar-refractivity contribution in [2.24, 2.45) is 5.90 Å². The van der Waals surface area contributed by atoms with Crippen LogP contribution in [0.15, 0.2) is 24.3 Å². The second-order valence-electron chi connectivity index (χ2n) is 5.37. The van der Waals surface area contributed by atoms with E-state index in [-0.39, 0.29) is 0 Å². The Hall–Kier alpha value is -1.10. The van der Waals surface area contributed by atoms with Crippen molar-refractivity contribution in [3.8, 4) is 0 Å². The molecular formula is C15H25N3O. The van der Waals surface area contributed by atoms with Crippen LogP contribution in [-0.4, -0.2) is 43.7 Å². The lowest BCUT2D eigenvalue weighted by molar-refractivity contribution is 0.141. The number of nitrogens with zero attached hydrogens (tertiary/aromatic N) is 2. The maximum atomic E-state index is 5.14. The van der Waals surface area contributed by atoms with Crippen LogP contribution in [0.3, 0.4) is 0 Å². The van der Waals surface area contributed by atoms with Gasteiger partial charge >= 0.3 is 0 Å². The maximum absolute atomic E-state index is 5.14. The Bertz CT molecular complexity index is 387. The molecule has 1 aliphatic heterocycles. The van der Waals surface area contributed by atoms with Gasteiger partial charge in [0.05, 0.1) is 6.61 Å². The summed E-state index contributed by atoms with van der Waals surface area (Å²) in [6, 6.07) is 9.21. The van der Waals surface area contributed by atoms with Gasteiger partial charge < -0.3 is 9.74 Å². The number of rotatable bonds is 5. The van der Waals surface area contributed by atoms with Crippen LogP contribution in [0.4, 0.5) is 5.69 Å². The van der Waals surface area contributed by atoms with Crippen LogP contribution in [0.1, 0.15) is 19.4 Å².